The van der Waals surface area contributed by atoms with Crippen LogP contribution in [-0.4, -0.2) is 23.9 Å². The van der Waals surface area contributed by atoms with E-state index in [1.807, 2.05) is 17.0 Å². The highest BCUT2D eigenvalue weighted by atomic mass is 79.9. The van der Waals surface area contributed by atoms with Gasteiger partial charge in [-0.05, 0) is 52.4 Å². The number of benzene rings is 1. The maximum atomic E-state index is 12.4. The zero-order chi connectivity index (χ0) is 13.3. The van der Waals surface area contributed by atoms with E-state index in [1.54, 1.807) is 6.07 Å². The van der Waals surface area contributed by atoms with Crippen molar-refractivity contribution in [3.63, 3.8) is 0 Å². The number of carbonyl (C=O) groups is 1. The van der Waals surface area contributed by atoms with Crippen molar-refractivity contribution in [1.29, 1.82) is 0 Å². The second-order valence-electron chi connectivity index (χ2n) is 5.12. The van der Waals surface area contributed by atoms with Crippen LogP contribution in [0, 0.1) is 11.8 Å². The molecule has 1 aliphatic rings. The Hall–Kier alpha value is -0.540. The summed E-state index contributed by atoms with van der Waals surface area (Å²) in [6.07, 6.45) is 1.08. The summed E-state index contributed by atoms with van der Waals surface area (Å²) in [5, 5.41) is 0.583. The molecule has 1 heterocycles. The Kier molecular flexibility index (Phi) is 4.33. The molecule has 18 heavy (non-hydrogen) atoms. The first kappa shape index (κ1) is 13.9. The lowest BCUT2D eigenvalue weighted by Gasteiger charge is -2.35. The summed E-state index contributed by atoms with van der Waals surface area (Å²) in [6, 6.07) is 5.38. The monoisotopic (exact) mass is 329 g/mol. The molecule has 0 saturated carbocycles. The van der Waals surface area contributed by atoms with Gasteiger partial charge in [0.25, 0.3) is 5.91 Å². The first-order valence-electron chi connectivity index (χ1n) is 6.23. The summed E-state index contributed by atoms with van der Waals surface area (Å²) in [7, 11) is 0. The van der Waals surface area contributed by atoms with Crippen LogP contribution in [-0.2, 0) is 0 Å². The average molecular weight is 331 g/mol. The van der Waals surface area contributed by atoms with Gasteiger partial charge in [-0.3, -0.25) is 4.79 Å². The molecule has 0 bridgehead atoms. The zero-order valence-electron chi connectivity index (χ0n) is 10.6. The van der Waals surface area contributed by atoms with Gasteiger partial charge in [0.1, 0.15) is 0 Å². The van der Waals surface area contributed by atoms with Gasteiger partial charge >= 0.3 is 0 Å². The lowest BCUT2D eigenvalue weighted by Crippen LogP contribution is -2.42. The van der Waals surface area contributed by atoms with E-state index in [-0.39, 0.29) is 5.91 Å². The molecular formula is C14H17BrClNO. The molecule has 0 aliphatic carbocycles. The molecule has 2 rings (SSSR count). The molecule has 0 spiro atoms. The molecule has 1 saturated heterocycles. The van der Waals surface area contributed by atoms with Crippen LogP contribution < -0.4 is 0 Å². The second kappa shape index (κ2) is 5.62. The molecule has 2 nitrogen and oxygen atoms in total. The highest BCUT2D eigenvalue weighted by molar-refractivity contribution is 9.10. The minimum Gasteiger partial charge on any atom is -0.338 e. The van der Waals surface area contributed by atoms with E-state index in [1.165, 1.54) is 0 Å². The van der Waals surface area contributed by atoms with E-state index in [9.17, 15) is 4.79 Å². The summed E-state index contributed by atoms with van der Waals surface area (Å²) in [5.41, 5.74) is 0.671. The Labute approximate surface area is 121 Å². The van der Waals surface area contributed by atoms with Crippen molar-refractivity contribution in [3.8, 4) is 0 Å². The molecule has 0 N–H and O–H groups in total. The third kappa shape index (κ3) is 2.89. The number of likely N-dealkylation sites (tertiary alicyclic amines) is 1. The standard InChI is InChI=1S/C14H17BrClNO/c1-9-5-6-17(8-10(9)2)14(18)11-3-4-12(15)13(16)7-11/h3-4,7,9-10H,5-6,8H2,1-2H3. The number of rotatable bonds is 1. The van der Waals surface area contributed by atoms with Crippen LogP contribution in [0.25, 0.3) is 0 Å². The van der Waals surface area contributed by atoms with Gasteiger partial charge in [0.15, 0.2) is 0 Å². The van der Waals surface area contributed by atoms with Gasteiger partial charge in [0.05, 0.1) is 5.02 Å². The van der Waals surface area contributed by atoms with Gasteiger partial charge in [-0.2, -0.15) is 0 Å². The SMILES string of the molecule is CC1CCN(C(=O)c2ccc(Br)c(Cl)c2)CC1C. The van der Waals surface area contributed by atoms with E-state index >= 15 is 0 Å². The van der Waals surface area contributed by atoms with E-state index in [4.69, 9.17) is 11.6 Å². The molecule has 4 heteroatoms. The van der Waals surface area contributed by atoms with E-state index in [0.29, 0.717) is 22.4 Å². The van der Waals surface area contributed by atoms with Crippen LogP contribution >= 0.6 is 27.5 Å². The van der Waals surface area contributed by atoms with Gasteiger partial charge < -0.3 is 4.90 Å². The number of hydrogen-bond acceptors (Lipinski definition) is 1. The smallest absolute Gasteiger partial charge is 0.253 e. The lowest BCUT2D eigenvalue weighted by atomic mass is 9.88. The van der Waals surface area contributed by atoms with Crippen molar-refractivity contribution >= 4 is 33.4 Å². The third-order valence-electron chi connectivity index (χ3n) is 3.79. The van der Waals surface area contributed by atoms with Crippen molar-refractivity contribution in [2.24, 2.45) is 11.8 Å². The fourth-order valence-corrected chi connectivity index (χ4v) is 2.69. The molecule has 1 aliphatic heterocycles. The molecule has 2 unspecified atom stereocenters. The van der Waals surface area contributed by atoms with Crippen molar-refractivity contribution < 1.29 is 4.79 Å². The Bertz CT molecular complexity index is 463. The fraction of sp³-hybridized carbons (Fsp3) is 0.500. The molecular weight excluding hydrogens is 314 g/mol. The van der Waals surface area contributed by atoms with Gasteiger partial charge in [0, 0.05) is 23.1 Å². The van der Waals surface area contributed by atoms with Gasteiger partial charge in [0.2, 0.25) is 0 Å². The first-order chi connectivity index (χ1) is 8.49. The fourth-order valence-electron chi connectivity index (χ4n) is 2.26. The molecule has 2 atom stereocenters. The van der Waals surface area contributed by atoms with E-state index in [0.717, 1.165) is 24.0 Å². The largest absolute Gasteiger partial charge is 0.338 e. The minimum atomic E-state index is 0.0863. The van der Waals surface area contributed by atoms with Crippen LogP contribution in [0.15, 0.2) is 22.7 Å². The third-order valence-corrected chi connectivity index (χ3v) is 5.02. The van der Waals surface area contributed by atoms with Crippen LogP contribution in [0.1, 0.15) is 30.6 Å². The Balaban J connectivity index is 2.14. The van der Waals surface area contributed by atoms with E-state index < -0.39 is 0 Å². The quantitative estimate of drug-likeness (QED) is 0.755. The van der Waals surface area contributed by atoms with Crippen molar-refractivity contribution in [3.05, 3.63) is 33.3 Å². The predicted octanol–water partition coefficient (Wildman–Crippen LogP) is 4.22. The predicted molar refractivity (Wildman–Crippen MR) is 78.0 cm³/mol. The van der Waals surface area contributed by atoms with Crippen LogP contribution in [0.3, 0.4) is 0 Å². The van der Waals surface area contributed by atoms with Crippen LogP contribution in [0.5, 0.6) is 0 Å². The molecule has 0 radical (unpaired) electrons. The normalized spacial score (nSPS) is 24.1. The second-order valence-corrected chi connectivity index (χ2v) is 6.38. The Morgan fingerprint density at radius 3 is 2.72 bits per heavy atom. The Morgan fingerprint density at radius 2 is 2.11 bits per heavy atom. The molecule has 98 valence electrons. The zero-order valence-corrected chi connectivity index (χ0v) is 13.0. The number of hydrogen-bond donors (Lipinski definition) is 0. The molecule has 1 amide bonds. The summed E-state index contributed by atoms with van der Waals surface area (Å²) in [5.74, 6) is 1.35. The van der Waals surface area contributed by atoms with Crippen LogP contribution in [0.4, 0.5) is 0 Å². The van der Waals surface area contributed by atoms with Crippen molar-refractivity contribution in [2.45, 2.75) is 20.3 Å². The highest BCUT2D eigenvalue weighted by Gasteiger charge is 2.26. The summed E-state index contributed by atoms with van der Waals surface area (Å²) in [4.78, 5) is 14.3. The molecule has 1 fully saturated rings. The van der Waals surface area contributed by atoms with Gasteiger partial charge in [-0.25, -0.2) is 0 Å². The van der Waals surface area contributed by atoms with Crippen molar-refractivity contribution in [2.75, 3.05) is 13.1 Å². The van der Waals surface area contributed by atoms with Crippen LogP contribution in [0.2, 0.25) is 5.02 Å². The number of nitrogens with zero attached hydrogens (tertiary/aromatic N) is 1. The molecule has 0 aromatic heterocycles. The van der Waals surface area contributed by atoms with E-state index in [2.05, 4.69) is 29.8 Å². The molecule has 1 aromatic rings. The number of halogens is 2. The van der Waals surface area contributed by atoms with Gasteiger partial charge in [-0.1, -0.05) is 25.4 Å². The first-order valence-corrected chi connectivity index (χ1v) is 7.40. The number of piperidine rings is 1. The molecule has 1 aromatic carbocycles. The topological polar surface area (TPSA) is 20.3 Å². The number of amides is 1. The Morgan fingerprint density at radius 1 is 1.39 bits per heavy atom. The summed E-state index contributed by atoms with van der Waals surface area (Å²) < 4.78 is 0.821. The highest BCUT2D eigenvalue weighted by Crippen LogP contribution is 2.26. The summed E-state index contributed by atoms with van der Waals surface area (Å²) >= 11 is 9.37. The average Bonchev–Trinajstić information content (AvgIpc) is 2.35. The van der Waals surface area contributed by atoms with Crippen molar-refractivity contribution in [1.82, 2.24) is 4.90 Å². The maximum Gasteiger partial charge on any atom is 0.253 e. The maximum absolute atomic E-state index is 12.4. The summed E-state index contributed by atoms with van der Waals surface area (Å²) in [6.45, 7) is 6.15. The lowest BCUT2D eigenvalue weighted by molar-refractivity contribution is 0.0627. The minimum absolute atomic E-state index is 0.0863. The number of carbonyl (C=O) groups excluding carboxylic acids is 1. The van der Waals surface area contributed by atoms with Gasteiger partial charge in [-0.15, -0.1) is 0 Å².